The summed E-state index contributed by atoms with van der Waals surface area (Å²) >= 11 is 0. The number of aromatic amines is 1. The van der Waals surface area contributed by atoms with Crippen molar-refractivity contribution in [1.29, 1.82) is 0 Å². The van der Waals surface area contributed by atoms with E-state index in [2.05, 4.69) is 5.10 Å². The summed E-state index contributed by atoms with van der Waals surface area (Å²) in [4.78, 5) is 10.8. The van der Waals surface area contributed by atoms with Gasteiger partial charge in [-0.05, 0) is 13.8 Å². The number of carboxylic acid groups (broad SMARTS) is 1. The molecule has 1 rings (SSSR count). The second kappa shape index (κ2) is 5.40. The Hall–Kier alpha value is -1.62. The number of hydrogen-bond donors (Lipinski definition) is 2. The molecule has 0 aliphatic heterocycles. The molecule has 0 aromatic carbocycles. The quantitative estimate of drug-likeness (QED) is 0.846. The highest BCUT2D eigenvalue weighted by atomic mass is 32.2. The lowest BCUT2D eigenvalue weighted by molar-refractivity contribution is -0.138. The minimum absolute atomic E-state index is 0.160. The third-order valence-corrected chi connectivity index (χ3v) is 4.31. The number of carboxylic acids is 1. The van der Waals surface area contributed by atoms with E-state index in [0.29, 0.717) is 0 Å². The maximum absolute atomic E-state index is 12.4. The van der Waals surface area contributed by atoms with Crippen molar-refractivity contribution in [2.24, 2.45) is 0 Å². The van der Waals surface area contributed by atoms with E-state index in [4.69, 9.17) is 5.11 Å². The third-order valence-electron chi connectivity index (χ3n) is 2.31. The molecule has 1 aromatic heterocycles. The first-order valence-electron chi connectivity index (χ1n) is 5.32. The van der Waals surface area contributed by atoms with E-state index in [1.165, 1.54) is 13.8 Å². The maximum atomic E-state index is 12.4. The van der Waals surface area contributed by atoms with Gasteiger partial charge in [-0.1, -0.05) is 0 Å². The number of sulfonamides is 1. The molecule has 0 fully saturated rings. The monoisotopic (exact) mass is 315 g/mol. The second-order valence-corrected chi connectivity index (χ2v) is 6.00. The van der Waals surface area contributed by atoms with Crippen LogP contribution in [0.4, 0.5) is 13.2 Å². The van der Waals surface area contributed by atoms with E-state index in [9.17, 15) is 26.4 Å². The lowest BCUT2D eigenvalue weighted by Gasteiger charge is -2.26. The molecule has 0 spiro atoms. The molecule has 0 saturated carbocycles. The Morgan fingerprint density at radius 1 is 1.50 bits per heavy atom. The molecule has 0 unspecified atom stereocenters. The molecule has 1 heterocycles. The lowest BCUT2D eigenvalue weighted by atomic mass is 10.4. The number of aromatic nitrogens is 2. The van der Waals surface area contributed by atoms with Crippen LogP contribution in [0.3, 0.4) is 0 Å². The average Bonchev–Trinajstić information content (AvgIpc) is 2.73. The van der Waals surface area contributed by atoms with Gasteiger partial charge in [0.05, 0.1) is 6.20 Å². The van der Waals surface area contributed by atoms with Crippen molar-refractivity contribution in [3.05, 3.63) is 11.8 Å². The van der Waals surface area contributed by atoms with Crippen molar-refractivity contribution in [3.8, 4) is 0 Å². The molecule has 0 bridgehead atoms. The van der Waals surface area contributed by atoms with Gasteiger partial charge in [0.1, 0.15) is 12.1 Å². The van der Waals surface area contributed by atoms with E-state index >= 15 is 0 Å². The van der Waals surface area contributed by atoms with Gasteiger partial charge in [-0.15, -0.1) is 0 Å². The van der Waals surface area contributed by atoms with Crippen LogP contribution in [0.15, 0.2) is 11.2 Å². The molecular formula is C9H12F3N3O4S. The molecule has 0 amide bonds. The fourth-order valence-electron chi connectivity index (χ4n) is 1.46. The fraction of sp³-hybridized carbons (Fsp3) is 0.556. The van der Waals surface area contributed by atoms with Gasteiger partial charge in [-0.2, -0.15) is 22.6 Å². The number of carbonyl (C=O) groups is 1. The van der Waals surface area contributed by atoms with Gasteiger partial charge in [0.25, 0.3) is 10.0 Å². The van der Waals surface area contributed by atoms with Crippen LogP contribution in [0.2, 0.25) is 0 Å². The molecule has 2 N–H and O–H groups in total. The number of nitrogens with one attached hydrogen (secondary N) is 1. The minimum Gasteiger partial charge on any atom is -0.478 e. The highest BCUT2D eigenvalue weighted by molar-refractivity contribution is 7.89. The number of aromatic carboxylic acids is 1. The molecule has 114 valence electrons. The highest BCUT2D eigenvalue weighted by Gasteiger charge is 2.40. The van der Waals surface area contributed by atoms with Crippen LogP contribution in [0.25, 0.3) is 0 Å². The maximum Gasteiger partial charge on any atom is 0.402 e. The average molecular weight is 315 g/mol. The van der Waals surface area contributed by atoms with E-state index in [0.717, 1.165) is 6.20 Å². The van der Waals surface area contributed by atoms with Crippen LogP contribution >= 0.6 is 0 Å². The minimum atomic E-state index is -4.75. The number of H-pyrrole nitrogens is 1. The van der Waals surface area contributed by atoms with Crippen molar-refractivity contribution in [2.75, 3.05) is 6.54 Å². The zero-order valence-corrected chi connectivity index (χ0v) is 11.3. The molecule has 1 aromatic rings. The van der Waals surface area contributed by atoms with E-state index < -0.39 is 45.3 Å². The van der Waals surface area contributed by atoms with Crippen molar-refractivity contribution in [3.63, 3.8) is 0 Å². The Kier molecular flexibility index (Phi) is 4.44. The molecule has 11 heteroatoms. The molecular weight excluding hydrogens is 303 g/mol. The zero-order valence-electron chi connectivity index (χ0n) is 10.5. The van der Waals surface area contributed by atoms with Gasteiger partial charge in [0, 0.05) is 6.04 Å². The standard InChI is InChI=1S/C9H12F3N3O4S/c1-5(2)15(4-9(10,11)12)20(18,19)7-6(8(16)17)3-13-14-7/h3,5H,4H2,1-2H3,(H,13,14)(H,16,17). The highest BCUT2D eigenvalue weighted by Crippen LogP contribution is 2.25. The first-order chi connectivity index (χ1) is 8.97. The van der Waals surface area contributed by atoms with Crippen molar-refractivity contribution in [2.45, 2.75) is 31.1 Å². The van der Waals surface area contributed by atoms with Gasteiger partial charge in [-0.25, -0.2) is 13.2 Å². The summed E-state index contributed by atoms with van der Waals surface area (Å²) < 4.78 is 61.8. The summed E-state index contributed by atoms with van der Waals surface area (Å²) in [6.07, 6.45) is -4.03. The predicted octanol–water partition coefficient (Wildman–Crippen LogP) is 1.07. The molecule has 0 aliphatic rings. The predicted molar refractivity (Wildman–Crippen MR) is 60.6 cm³/mol. The Morgan fingerprint density at radius 3 is 2.45 bits per heavy atom. The second-order valence-electron chi connectivity index (χ2n) is 4.18. The van der Waals surface area contributed by atoms with Gasteiger partial charge in [0.15, 0.2) is 5.03 Å². The normalized spacial score (nSPS) is 13.2. The van der Waals surface area contributed by atoms with E-state index in [-0.39, 0.29) is 4.31 Å². The summed E-state index contributed by atoms with van der Waals surface area (Å²) in [5.41, 5.74) is -0.710. The first-order valence-corrected chi connectivity index (χ1v) is 6.76. The topological polar surface area (TPSA) is 103 Å². The van der Waals surface area contributed by atoms with Crippen LogP contribution in [0.5, 0.6) is 0 Å². The van der Waals surface area contributed by atoms with Crippen molar-refractivity contribution >= 4 is 16.0 Å². The molecule has 0 radical (unpaired) electrons. The number of alkyl halides is 3. The van der Waals surface area contributed by atoms with Crippen molar-refractivity contribution < 1.29 is 31.5 Å². The number of hydrogen-bond acceptors (Lipinski definition) is 4. The summed E-state index contributed by atoms with van der Waals surface area (Å²) in [5, 5.41) is 13.1. The Morgan fingerprint density at radius 2 is 2.05 bits per heavy atom. The van der Waals surface area contributed by atoms with Crippen LogP contribution in [-0.2, 0) is 10.0 Å². The van der Waals surface area contributed by atoms with Gasteiger partial charge in [-0.3, -0.25) is 5.10 Å². The van der Waals surface area contributed by atoms with Gasteiger partial charge in [0.2, 0.25) is 0 Å². The van der Waals surface area contributed by atoms with Crippen LogP contribution in [0.1, 0.15) is 24.2 Å². The number of halogens is 3. The van der Waals surface area contributed by atoms with E-state index in [1.807, 2.05) is 5.10 Å². The SMILES string of the molecule is CC(C)N(CC(F)(F)F)S(=O)(=O)c1[nH]ncc1C(=O)O. The largest absolute Gasteiger partial charge is 0.478 e. The van der Waals surface area contributed by atoms with Crippen LogP contribution in [0, 0.1) is 0 Å². The Balaban J connectivity index is 3.31. The summed E-state index contributed by atoms with van der Waals surface area (Å²) in [6.45, 7) is 0.783. The Labute approximate surface area is 112 Å². The van der Waals surface area contributed by atoms with Crippen LogP contribution < -0.4 is 0 Å². The molecule has 0 aliphatic carbocycles. The molecule has 7 nitrogen and oxygen atoms in total. The summed E-state index contributed by atoms with van der Waals surface area (Å²) in [7, 11) is -4.65. The molecule has 20 heavy (non-hydrogen) atoms. The molecule has 0 atom stereocenters. The Bertz CT molecular complexity index is 594. The number of rotatable bonds is 5. The summed E-state index contributed by atoms with van der Waals surface area (Å²) in [6, 6.07) is -1.01. The smallest absolute Gasteiger partial charge is 0.402 e. The zero-order chi connectivity index (χ0) is 15.7. The lowest BCUT2D eigenvalue weighted by Crippen LogP contribution is -2.43. The van der Waals surface area contributed by atoms with Crippen molar-refractivity contribution in [1.82, 2.24) is 14.5 Å². The van der Waals surface area contributed by atoms with E-state index in [1.54, 1.807) is 0 Å². The summed E-state index contributed by atoms with van der Waals surface area (Å²) in [5.74, 6) is -1.60. The van der Waals surface area contributed by atoms with Gasteiger partial charge >= 0.3 is 12.1 Å². The fourth-order valence-corrected chi connectivity index (χ4v) is 3.15. The molecule has 0 saturated heterocycles. The third kappa shape index (κ3) is 3.48. The van der Waals surface area contributed by atoms with Crippen LogP contribution in [-0.4, -0.2) is 52.8 Å². The number of nitrogens with zero attached hydrogens (tertiary/aromatic N) is 2. The first kappa shape index (κ1) is 16.4. The van der Waals surface area contributed by atoms with Gasteiger partial charge < -0.3 is 5.11 Å².